The van der Waals surface area contributed by atoms with E-state index >= 15 is 0 Å². The molecule has 1 N–H and O–H groups in total. The first-order valence-corrected chi connectivity index (χ1v) is 8.67. The molecule has 2 rings (SSSR count). The predicted molar refractivity (Wildman–Crippen MR) is 87.7 cm³/mol. The molecule has 1 aliphatic heterocycles. The molecule has 23 heavy (non-hydrogen) atoms. The third-order valence-corrected chi connectivity index (χ3v) is 4.89. The van der Waals surface area contributed by atoms with Gasteiger partial charge in [-0.25, -0.2) is 4.79 Å². The highest BCUT2D eigenvalue weighted by Gasteiger charge is 2.30. The fourth-order valence-corrected chi connectivity index (χ4v) is 3.60. The Morgan fingerprint density at radius 2 is 2.22 bits per heavy atom. The predicted octanol–water partition coefficient (Wildman–Crippen LogP) is 2.22. The Balaban J connectivity index is 1.90. The van der Waals surface area contributed by atoms with Crippen LogP contribution in [0.15, 0.2) is 11.4 Å². The molecule has 1 saturated heterocycles. The van der Waals surface area contributed by atoms with Gasteiger partial charge in [0.2, 0.25) is 0 Å². The van der Waals surface area contributed by atoms with Crippen molar-refractivity contribution in [1.82, 2.24) is 10.2 Å². The number of esters is 1. The summed E-state index contributed by atoms with van der Waals surface area (Å²) in [5, 5.41) is 4.46. The van der Waals surface area contributed by atoms with E-state index in [1.807, 2.05) is 18.4 Å². The van der Waals surface area contributed by atoms with Crippen LogP contribution < -0.4 is 5.32 Å². The Bertz CT molecular complexity index is 584. The Kier molecular flexibility index (Phi) is 6.15. The van der Waals surface area contributed by atoms with Crippen LogP contribution in [0.2, 0.25) is 0 Å². The quantitative estimate of drug-likeness (QED) is 0.660. The minimum atomic E-state index is -0.459. The first kappa shape index (κ1) is 17.5. The molecule has 1 atom stereocenters. The van der Waals surface area contributed by atoms with Crippen LogP contribution in [0.3, 0.4) is 0 Å². The molecule has 1 unspecified atom stereocenters. The van der Waals surface area contributed by atoms with Crippen LogP contribution in [0.4, 0.5) is 4.79 Å². The molecule has 6 nitrogen and oxygen atoms in total. The minimum Gasteiger partial charge on any atom is -0.465 e. The average Bonchev–Trinajstić information content (AvgIpc) is 2.98. The van der Waals surface area contributed by atoms with Crippen molar-refractivity contribution < 1.29 is 19.1 Å². The largest absolute Gasteiger partial charge is 0.465 e. The summed E-state index contributed by atoms with van der Waals surface area (Å²) in [5.41, 5.74) is 0.990. The SMILES string of the molecule is CCOC(=O)CNC(=O)N1CCCC(C(=O)c2sccc2C)C1. The normalized spacial score (nSPS) is 17.7. The summed E-state index contributed by atoms with van der Waals surface area (Å²) >= 11 is 1.45. The second-order valence-electron chi connectivity index (χ2n) is 5.55. The van der Waals surface area contributed by atoms with E-state index in [4.69, 9.17) is 4.74 Å². The van der Waals surface area contributed by atoms with Crippen molar-refractivity contribution in [2.45, 2.75) is 26.7 Å². The van der Waals surface area contributed by atoms with E-state index in [0.29, 0.717) is 13.1 Å². The lowest BCUT2D eigenvalue weighted by atomic mass is 9.92. The van der Waals surface area contributed by atoms with E-state index < -0.39 is 5.97 Å². The molecule has 0 aromatic carbocycles. The lowest BCUT2D eigenvalue weighted by Crippen LogP contribution is -2.48. The van der Waals surface area contributed by atoms with Gasteiger partial charge >= 0.3 is 12.0 Å². The molecule has 1 aromatic heterocycles. The average molecular weight is 338 g/mol. The van der Waals surface area contributed by atoms with E-state index in [1.165, 1.54) is 11.3 Å². The maximum absolute atomic E-state index is 12.6. The van der Waals surface area contributed by atoms with Crippen molar-refractivity contribution in [3.63, 3.8) is 0 Å². The van der Waals surface area contributed by atoms with Crippen molar-refractivity contribution in [3.8, 4) is 0 Å². The lowest BCUT2D eigenvalue weighted by Gasteiger charge is -2.31. The van der Waals surface area contributed by atoms with Gasteiger partial charge in [0.15, 0.2) is 5.78 Å². The summed E-state index contributed by atoms with van der Waals surface area (Å²) in [5.74, 6) is -0.519. The van der Waals surface area contributed by atoms with Crippen molar-refractivity contribution in [3.05, 3.63) is 21.9 Å². The second kappa shape index (κ2) is 8.10. The van der Waals surface area contributed by atoms with Gasteiger partial charge < -0.3 is 15.0 Å². The number of ether oxygens (including phenoxy) is 1. The van der Waals surface area contributed by atoms with Crippen LogP contribution in [0.5, 0.6) is 0 Å². The molecule has 126 valence electrons. The van der Waals surface area contributed by atoms with E-state index in [2.05, 4.69) is 5.32 Å². The summed E-state index contributed by atoms with van der Waals surface area (Å²) < 4.78 is 4.78. The summed E-state index contributed by atoms with van der Waals surface area (Å²) in [4.78, 5) is 38.4. The third kappa shape index (κ3) is 4.54. The lowest BCUT2D eigenvalue weighted by molar-refractivity contribution is -0.141. The molecule has 0 saturated carbocycles. The molecule has 1 fully saturated rings. The molecule has 2 amide bonds. The third-order valence-electron chi connectivity index (χ3n) is 3.85. The number of carbonyl (C=O) groups is 3. The fourth-order valence-electron chi connectivity index (χ4n) is 2.66. The van der Waals surface area contributed by atoms with Crippen LogP contribution >= 0.6 is 11.3 Å². The Morgan fingerprint density at radius 3 is 2.87 bits per heavy atom. The number of likely N-dealkylation sites (tertiary alicyclic amines) is 1. The van der Waals surface area contributed by atoms with Gasteiger partial charge in [-0.2, -0.15) is 0 Å². The number of amides is 2. The smallest absolute Gasteiger partial charge is 0.325 e. The van der Waals surface area contributed by atoms with Crippen LogP contribution in [0.25, 0.3) is 0 Å². The zero-order valence-corrected chi connectivity index (χ0v) is 14.3. The molecule has 1 aromatic rings. The summed E-state index contributed by atoms with van der Waals surface area (Å²) in [7, 11) is 0. The molecule has 2 heterocycles. The van der Waals surface area contributed by atoms with Crippen molar-refractivity contribution in [2.24, 2.45) is 5.92 Å². The maximum atomic E-state index is 12.6. The van der Waals surface area contributed by atoms with Crippen molar-refractivity contribution in [1.29, 1.82) is 0 Å². The molecular formula is C16H22N2O4S. The monoisotopic (exact) mass is 338 g/mol. The molecule has 0 bridgehead atoms. The number of hydrogen-bond donors (Lipinski definition) is 1. The van der Waals surface area contributed by atoms with Gasteiger partial charge in [-0.05, 0) is 43.7 Å². The van der Waals surface area contributed by atoms with E-state index in [1.54, 1.807) is 11.8 Å². The number of rotatable bonds is 5. The topological polar surface area (TPSA) is 75.7 Å². The molecule has 1 aliphatic rings. The molecular weight excluding hydrogens is 316 g/mol. The first-order chi connectivity index (χ1) is 11.0. The molecule has 0 spiro atoms. The van der Waals surface area contributed by atoms with Crippen LogP contribution in [-0.2, 0) is 9.53 Å². The number of nitrogens with one attached hydrogen (secondary N) is 1. The van der Waals surface area contributed by atoms with E-state index in [9.17, 15) is 14.4 Å². The van der Waals surface area contributed by atoms with E-state index in [-0.39, 0.29) is 30.9 Å². The standard InChI is InChI=1S/C16H22N2O4S/c1-3-22-13(19)9-17-16(21)18-7-4-5-12(10-18)14(20)15-11(2)6-8-23-15/h6,8,12H,3-5,7,9-10H2,1-2H3,(H,17,21). The number of carbonyl (C=O) groups excluding carboxylic acids is 3. The highest BCUT2D eigenvalue weighted by molar-refractivity contribution is 7.12. The maximum Gasteiger partial charge on any atom is 0.325 e. The first-order valence-electron chi connectivity index (χ1n) is 7.79. The van der Waals surface area contributed by atoms with E-state index in [0.717, 1.165) is 23.3 Å². The van der Waals surface area contributed by atoms with Crippen LogP contribution in [0, 0.1) is 12.8 Å². The fraction of sp³-hybridized carbons (Fsp3) is 0.562. The van der Waals surface area contributed by atoms with Crippen molar-refractivity contribution >= 4 is 29.1 Å². The number of Topliss-reactive ketones (excluding diaryl/α,β-unsaturated/α-hetero) is 1. The number of piperidine rings is 1. The molecule has 7 heteroatoms. The van der Waals surface area contributed by atoms with Gasteiger partial charge in [0.1, 0.15) is 6.54 Å². The van der Waals surface area contributed by atoms with Gasteiger partial charge in [-0.1, -0.05) is 0 Å². The highest BCUT2D eigenvalue weighted by atomic mass is 32.1. The summed E-state index contributed by atoms with van der Waals surface area (Å²) in [6.07, 6.45) is 1.57. The van der Waals surface area contributed by atoms with Crippen LogP contribution in [-0.4, -0.2) is 48.9 Å². The Hall–Kier alpha value is -1.89. The summed E-state index contributed by atoms with van der Waals surface area (Å²) in [6, 6.07) is 1.61. The van der Waals surface area contributed by atoms with Gasteiger partial charge in [-0.15, -0.1) is 11.3 Å². The zero-order chi connectivity index (χ0) is 16.8. The number of aryl methyl sites for hydroxylation is 1. The Morgan fingerprint density at radius 1 is 1.43 bits per heavy atom. The van der Waals surface area contributed by atoms with Gasteiger partial charge in [0, 0.05) is 19.0 Å². The number of hydrogen-bond acceptors (Lipinski definition) is 5. The number of ketones is 1. The highest BCUT2D eigenvalue weighted by Crippen LogP contribution is 2.25. The van der Waals surface area contributed by atoms with Crippen LogP contribution in [0.1, 0.15) is 35.0 Å². The van der Waals surface area contributed by atoms with Gasteiger partial charge in [-0.3, -0.25) is 9.59 Å². The zero-order valence-electron chi connectivity index (χ0n) is 13.5. The minimum absolute atomic E-state index is 0.111. The van der Waals surface area contributed by atoms with Gasteiger partial charge in [0.05, 0.1) is 11.5 Å². The van der Waals surface area contributed by atoms with Gasteiger partial charge in [0.25, 0.3) is 0 Å². The number of urea groups is 1. The number of thiophene rings is 1. The molecule has 0 radical (unpaired) electrons. The molecule has 0 aliphatic carbocycles. The Labute approximate surface area is 139 Å². The van der Waals surface area contributed by atoms with Crippen molar-refractivity contribution in [2.75, 3.05) is 26.2 Å². The number of nitrogens with zero attached hydrogens (tertiary/aromatic N) is 1. The summed E-state index contributed by atoms with van der Waals surface area (Å²) in [6.45, 7) is 4.77. The second-order valence-corrected chi connectivity index (χ2v) is 6.46.